The number of rotatable bonds is 40. The summed E-state index contributed by atoms with van der Waals surface area (Å²) in [6, 6.07) is 2.51. The standard InChI is InChI=1S/C48H92N/c1-4-7-10-13-16-19-22-24-26-29-32-35-38-41-47-43-45-49(44-40-37-34-31-28-21-18-15-12-9-6-3)46-48(47)42-39-36-33-30-27-25-23-20-17-14-11-8-5-2/h43,45-46H,4-42,44H2,1-3H3/q+1. The molecule has 0 aliphatic rings. The Morgan fingerprint density at radius 1 is 0.306 bits per heavy atom. The van der Waals surface area contributed by atoms with Crippen LogP contribution in [0.15, 0.2) is 18.5 Å². The van der Waals surface area contributed by atoms with Crippen molar-refractivity contribution in [2.45, 2.75) is 278 Å². The van der Waals surface area contributed by atoms with Gasteiger partial charge < -0.3 is 0 Å². The van der Waals surface area contributed by atoms with Crippen molar-refractivity contribution in [1.82, 2.24) is 0 Å². The highest BCUT2D eigenvalue weighted by Gasteiger charge is 2.10. The van der Waals surface area contributed by atoms with Gasteiger partial charge in [0.05, 0.1) is 0 Å². The number of pyridine rings is 1. The molecule has 1 heterocycles. The maximum absolute atomic E-state index is 2.56. The van der Waals surface area contributed by atoms with Crippen molar-refractivity contribution in [3.05, 3.63) is 29.6 Å². The van der Waals surface area contributed by atoms with Crippen LogP contribution in [-0.4, -0.2) is 0 Å². The Bertz CT molecular complexity index is 768. The Morgan fingerprint density at radius 3 is 0.898 bits per heavy atom. The fourth-order valence-electron chi connectivity index (χ4n) is 7.85. The summed E-state index contributed by atoms with van der Waals surface area (Å²) in [7, 11) is 0. The molecular weight excluding hydrogens is 591 g/mol. The number of hydrogen-bond donors (Lipinski definition) is 0. The van der Waals surface area contributed by atoms with Crippen molar-refractivity contribution in [2.75, 3.05) is 0 Å². The van der Waals surface area contributed by atoms with E-state index in [0.717, 1.165) is 0 Å². The van der Waals surface area contributed by atoms with Crippen LogP contribution in [0.4, 0.5) is 0 Å². The second-order valence-corrected chi connectivity index (χ2v) is 16.3. The highest BCUT2D eigenvalue weighted by atomic mass is 14.9. The van der Waals surface area contributed by atoms with Gasteiger partial charge in [0, 0.05) is 18.1 Å². The lowest BCUT2D eigenvalue weighted by Gasteiger charge is -2.10. The molecule has 1 nitrogen and oxygen atoms in total. The summed E-state index contributed by atoms with van der Waals surface area (Å²) in [5.41, 5.74) is 3.34. The average Bonchev–Trinajstić information content (AvgIpc) is 3.11. The van der Waals surface area contributed by atoms with Gasteiger partial charge in [0.25, 0.3) is 0 Å². The molecular formula is C48H92N+. The van der Waals surface area contributed by atoms with E-state index >= 15 is 0 Å². The Hall–Kier alpha value is -0.850. The van der Waals surface area contributed by atoms with Crippen molar-refractivity contribution in [3.63, 3.8) is 0 Å². The zero-order chi connectivity index (χ0) is 35.1. The molecule has 1 rings (SSSR count). The van der Waals surface area contributed by atoms with Gasteiger partial charge in [0.1, 0.15) is 6.54 Å². The molecule has 0 saturated carbocycles. The fourth-order valence-corrected chi connectivity index (χ4v) is 7.85. The summed E-state index contributed by atoms with van der Waals surface area (Å²) in [5.74, 6) is 0. The lowest BCUT2D eigenvalue weighted by atomic mass is 9.97. The minimum atomic E-state index is 1.21. The SMILES string of the molecule is CCCCCCCCCCCCCCCc1cc[n+](CCCCCCCCCCCCC)cc1CCCCCCCCCCCCCCC. The molecule has 49 heavy (non-hydrogen) atoms. The molecule has 0 spiro atoms. The highest BCUT2D eigenvalue weighted by molar-refractivity contribution is 5.21. The summed E-state index contributed by atoms with van der Waals surface area (Å²) in [4.78, 5) is 0. The van der Waals surface area contributed by atoms with Crippen molar-refractivity contribution >= 4 is 0 Å². The number of unbranched alkanes of at least 4 members (excludes halogenated alkanes) is 34. The lowest BCUT2D eigenvalue weighted by molar-refractivity contribution is -0.697. The molecule has 0 aliphatic carbocycles. The van der Waals surface area contributed by atoms with Gasteiger partial charge in [-0.2, -0.15) is 0 Å². The Kier molecular flexibility index (Phi) is 36.2. The highest BCUT2D eigenvalue weighted by Crippen LogP contribution is 2.19. The third-order valence-corrected chi connectivity index (χ3v) is 11.3. The molecule has 0 unspecified atom stereocenters. The van der Waals surface area contributed by atoms with E-state index in [0.29, 0.717) is 0 Å². The van der Waals surface area contributed by atoms with Gasteiger partial charge in [-0.15, -0.1) is 0 Å². The topological polar surface area (TPSA) is 3.88 Å². The second-order valence-electron chi connectivity index (χ2n) is 16.3. The summed E-state index contributed by atoms with van der Waals surface area (Å²) < 4.78 is 2.54. The summed E-state index contributed by atoms with van der Waals surface area (Å²) in [5, 5.41) is 0. The van der Waals surface area contributed by atoms with Gasteiger partial charge in [-0.25, -0.2) is 4.57 Å². The first-order chi connectivity index (χ1) is 24.3. The molecule has 0 N–H and O–H groups in total. The Morgan fingerprint density at radius 2 is 0.571 bits per heavy atom. The van der Waals surface area contributed by atoms with Gasteiger partial charge in [-0.1, -0.05) is 233 Å². The first-order valence-electron chi connectivity index (χ1n) is 23.3. The maximum Gasteiger partial charge on any atom is 0.172 e. The zero-order valence-electron chi connectivity index (χ0n) is 34.5. The minimum absolute atomic E-state index is 1.21. The van der Waals surface area contributed by atoms with Crippen LogP contribution in [0.2, 0.25) is 0 Å². The zero-order valence-corrected chi connectivity index (χ0v) is 34.5. The quantitative estimate of drug-likeness (QED) is 0.0479. The monoisotopic (exact) mass is 683 g/mol. The third-order valence-electron chi connectivity index (χ3n) is 11.3. The summed E-state index contributed by atoms with van der Waals surface area (Å²) in [6.45, 7) is 8.16. The van der Waals surface area contributed by atoms with Crippen LogP contribution in [0.1, 0.15) is 269 Å². The molecule has 1 aromatic rings. The van der Waals surface area contributed by atoms with Crippen molar-refractivity contribution in [1.29, 1.82) is 0 Å². The van der Waals surface area contributed by atoms with Crippen LogP contribution in [0, 0.1) is 0 Å². The average molecular weight is 683 g/mol. The predicted octanol–water partition coefficient (Wildman–Crippen LogP) is 16.6. The van der Waals surface area contributed by atoms with Crippen LogP contribution in [0.25, 0.3) is 0 Å². The van der Waals surface area contributed by atoms with Crippen LogP contribution in [0.5, 0.6) is 0 Å². The van der Waals surface area contributed by atoms with E-state index in [9.17, 15) is 0 Å². The normalized spacial score (nSPS) is 11.6. The predicted molar refractivity (Wildman–Crippen MR) is 222 cm³/mol. The van der Waals surface area contributed by atoms with Gasteiger partial charge in [-0.05, 0) is 37.7 Å². The molecule has 288 valence electrons. The molecule has 0 bridgehead atoms. The van der Waals surface area contributed by atoms with Crippen molar-refractivity contribution in [3.8, 4) is 0 Å². The first kappa shape index (κ1) is 46.2. The largest absolute Gasteiger partial charge is 0.205 e. The van der Waals surface area contributed by atoms with E-state index in [1.807, 2.05) is 0 Å². The van der Waals surface area contributed by atoms with E-state index < -0.39 is 0 Å². The number of aryl methyl sites for hydroxylation is 3. The molecule has 1 heteroatoms. The van der Waals surface area contributed by atoms with E-state index in [-0.39, 0.29) is 0 Å². The minimum Gasteiger partial charge on any atom is -0.205 e. The van der Waals surface area contributed by atoms with E-state index in [2.05, 4.69) is 43.8 Å². The molecule has 0 aliphatic heterocycles. The number of aromatic nitrogens is 1. The van der Waals surface area contributed by atoms with Gasteiger partial charge >= 0.3 is 0 Å². The smallest absolute Gasteiger partial charge is 0.172 e. The molecule has 0 amide bonds. The van der Waals surface area contributed by atoms with Gasteiger partial charge in [-0.3, -0.25) is 0 Å². The number of hydrogen-bond acceptors (Lipinski definition) is 0. The maximum atomic E-state index is 2.56. The molecule has 0 fully saturated rings. The number of nitrogens with zero attached hydrogens (tertiary/aromatic N) is 1. The van der Waals surface area contributed by atoms with Gasteiger partial charge in [0.15, 0.2) is 12.4 Å². The van der Waals surface area contributed by atoms with E-state index in [4.69, 9.17) is 0 Å². The Balaban J connectivity index is 2.31. The summed E-state index contributed by atoms with van der Waals surface area (Å²) >= 11 is 0. The molecule has 0 aromatic carbocycles. The van der Waals surface area contributed by atoms with Crippen molar-refractivity contribution in [2.24, 2.45) is 0 Å². The fraction of sp³-hybridized carbons (Fsp3) is 0.896. The third kappa shape index (κ3) is 31.6. The van der Waals surface area contributed by atoms with E-state index in [1.165, 1.54) is 257 Å². The second kappa shape index (κ2) is 38.4. The van der Waals surface area contributed by atoms with Crippen LogP contribution >= 0.6 is 0 Å². The van der Waals surface area contributed by atoms with Crippen molar-refractivity contribution < 1.29 is 4.57 Å². The first-order valence-corrected chi connectivity index (χ1v) is 23.3. The van der Waals surface area contributed by atoms with Crippen LogP contribution < -0.4 is 4.57 Å². The van der Waals surface area contributed by atoms with Crippen LogP contribution in [-0.2, 0) is 19.4 Å². The molecule has 0 radical (unpaired) electrons. The summed E-state index contributed by atoms with van der Waals surface area (Å²) in [6.07, 6.45) is 60.8. The molecule has 1 aromatic heterocycles. The van der Waals surface area contributed by atoms with Crippen LogP contribution in [0.3, 0.4) is 0 Å². The molecule has 0 saturated heterocycles. The molecule has 0 atom stereocenters. The Labute approximate surface area is 311 Å². The van der Waals surface area contributed by atoms with E-state index in [1.54, 1.807) is 11.1 Å². The lowest BCUT2D eigenvalue weighted by Crippen LogP contribution is -2.34. The van der Waals surface area contributed by atoms with Gasteiger partial charge in [0.2, 0.25) is 0 Å².